The highest BCUT2D eigenvalue weighted by molar-refractivity contribution is 5.33. The first-order chi connectivity index (χ1) is 7.64. The molecule has 0 aromatic heterocycles. The number of rotatable bonds is 2. The minimum Gasteiger partial charge on any atom is -0.166 e. The predicted octanol–water partition coefficient (Wildman–Crippen LogP) is 3.70. The van der Waals surface area contributed by atoms with E-state index < -0.39 is 35.6 Å². The summed E-state index contributed by atoms with van der Waals surface area (Å²) in [5.41, 5.74) is -2.35. The largest absolute Gasteiger partial charge is 0.416 e. The van der Waals surface area contributed by atoms with Gasteiger partial charge in [-0.05, 0) is 23.8 Å². The summed E-state index contributed by atoms with van der Waals surface area (Å²) < 4.78 is 85.5. The summed E-state index contributed by atoms with van der Waals surface area (Å²) in [5, 5.41) is 0. The van der Waals surface area contributed by atoms with Crippen molar-refractivity contribution in [3.8, 4) is 0 Å². The molecule has 0 saturated heterocycles. The van der Waals surface area contributed by atoms with Crippen LogP contribution in [0.4, 0.5) is 30.8 Å². The van der Waals surface area contributed by atoms with Gasteiger partial charge in [0.05, 0.1) is 17.7 Å². The van der Waals surface area contributed by atoms with Gasteiger partial charge in [0.25, 0.3) is 0 Å². The molecule has 0 unspecified atom stereocenters. The van der Waals surface area contributed by atoms with Gasteiger partial charge in [0.2, 0.25) is 0 Å². The van der Waals surface area contributed by atoms with Gasteiger partial charge >= 0.3 is 12.4 Å². The van der Waals surface area contributed by atoms with Crippen LogP contribution in [-0.4, -0.2) is 0 Å². The van der Waals surface area contributed by atoms with E-state index >= 15 is 0 Å². The monoisotopic (exact) mass is 261 g/mol. The lowest BCUT2D eigenvalue weighted by atomic mass is 10.0. The van der Waals surface area contributed by atoms with Gasteiger partial charge in [-0.3, -0.25) is 0 Å². The van der Waals surface area contributed by atoms with E-state index in [4.69, 9.17) is 0 Å². The topological polar surface area (TPSA) is 12.0 Å². The van der Waals surface area contributed by atoms with Crippen LogP contribution < -0.4 is 5.54 Å². The van der Waals surface area contributed by atoms with Crippen molar-refractivity contribution in [3.05, 3.63) is 34.9 Å². The lowest BCUT2D eigenvalue weighted by Crippen LogP contribution is -2.13. The van der Waals surface area contributed by atoms with Gasteiger partial charge < -0.3 is 0 Å². The highest BCUT2D eigenvalue weighted by atomic mass is 19.4. The van der Waals surface area contributed by atoms with Gasteiger partial charge in [-0.1, -0.05) is 0 Å². The van der Waals surface area contributed by atoms with Crippen molar-refractivity contribution in [2.24, 2.45) is 0 Å². The van der Waals surface area contributed by atoms with Crippen LogP contribution in [0.1, 0.15) is 16.7 Å². The smallest absolute Gasteiger partial charge is 0.166 e. The predicted molar refractivity (Wildman–Crippen MR) is 44.4 cm³/mol. The first kappa shape index (κ1) is 13.8. The molecule has 8 heteroatoms. The summed E-state index contributed by atoms with van der Waals surface area (Å²) in [6.07, 6.45) is -9.82. The zero-order valence-corrected chi connectivity index (χ0v) is 8.08. The van der Waals surface area contributed by atoms with Gasteiger partial charge in [-0.2, -0.15) is 31.9 Å². The molecule has 0 atom stereocenters. The highest BCUT2D eigenvalue weighted by Gasteiger charge is 2.36. The van der Waals surface area contributed by atoms with E-state index in [1.54, 1.807) is 0 Å². The van der Waals surface area contributed by atoms with E-state index in [1.165, 1.54) is 0 Å². The maximum atomic E-state index is 12.3. The number of halogens is 7. The first-order valence-electron chi connectivity index (χ1n) is 4.26. The van der Waals surface area contributed by atoms with Crippen molar-refractivity contribution in [2.75, 3.05) is 0 Å². The minimum atomic E-state index is -4.91. The van der Waals surface area contributed by atoms with Crippen molar-refractivity contribution >= 4 is 0 Å². The molecule has 0 saturated carbocycles. The Morgan fingerprint density at radius 3 is 1.53 bits per heavy atom. The minimum absolute atomic E-state index is 0.0122. The molecule has 0 aliphatic heterocycles. The fourth-order valence-corrected chi connectivity index (χ4v) is 1.20. The van der Waals surface area contributed by atoms with Crippen LogP contribution in [-0.2, 0) is 18.9 Å². The van der Waals surface area contributed by atoms with Crippen molar-refractivity contribution < 1.29 is 30.8 Å². The molecule has 0 bridgehead atoms. The molecular weight excluding hydrogens is 255 g/mol. The van der Waals surface area contributed by atoms with Crippen LogP contribution in [0.25, 0.3) is 0 Å². The van der Waals surface area contributed by atoms with Crippen molar-refractivity contribution in [1.29, 1.82) is 0 Å². The SMILES string of the molecule is FNCc1cc(C(F)(F)F)cc(C(F)(F)F)c1. The Labute approximate surface area is 91.2 Å². The normalized spacial score (nSPS) is 12.9. The lowest BCUT2D eigenvalue weighted by molar-refractivity contribution is -0.143. The Hall–Kier alpha value is -1.31. The molecule has 1 aromatic rings. The van der Waals surface area contributed by atoms with Crippen molar-refractivity contribution in [3.63, 3.8) is 0 Å². The molecular formula is C9H6F7N. The Balaban J connectivity index is 3.29. The van der Waals surface area contributed by atoms with Crippen LogP contribution in [0.3, 0.4) is 0 Å². The van der Waals surface area contributed by atoms with Crippen molar-refractivity contribution in [2.45, 2.75) is 18.9 Å². The van der Waals surface area contributed by atoms with Crippen LogP contribution in [0.5, 0.6) is 0 Å². The Bertz CT molecular complexity index is 361. The van der Waals surface area contributed by atoms with Gasteiger partial charge in [-0.25, -0.2) is 0 Å². The number of benzene rings is 1. The zero-order chi connectivity index (χ0) is 13.3. The van der Waals surface area contributed by atoms with Crippen LogP contribution in [0, 0.1) is 0 Å². The summed E-state index contributed by atoms with van der Waals surface area (Å²) in [6.45, 7) is -0.729. The summed E-state index contributed by atoms with van der Waals surface area (Å²) in [4.78, 5) is 0. The molecule has 17 heavy (non-hydrogen) atoms. The second kappa shape index (κ2) is 4.52. The third kappa shape index (κ3) is 3.58. The first-order valence-corrected chi connectivity index (χ1v) is 4.26. The number of nitrogens with one attached hydrogen (secondary N) is 1. The molecule has 0 aliphatic rings. The number of hydrogen-bond acceptors (Lipinski definition) is 1. The summed E-state index contributed by atoms with van der Waals surface area (Å²) in [6, 6.07) is 0.908. The Morgan fingerprint density at radius 1 is 0.824 bits per heavy atom. The maximum absolute atomic E-state index is 12.3. The molecule has 1 nitrogen and oxygen atoms in total. The maximum Gasteiger partial charge on any atom is 0.416 e. The molecule has 96 valence electrons. The second-order valence-electron chi connectivity index (χ2n) is 3.22. The Morgan fingerprint density at radius 2 is 1.24 bits per heavy atom. The number of hydrogen-bond donors (Lipinski definition) is 1. The van der Waals surface area contributed by atoms with Gasteiger partial charge in [0.15, 0.2) is 0 Å². The average molecular weight is 261 g/mol. The molecule has 0 radical (unpaired) electrons. The molecule has 1 rings (SSSR count). The van der Waals surface area contributed by atoms with Crippen LogP contribution >= 0.6 is 0 Å². The number of alkyl halides is 6. The van der Waals surface area contributed by atoms with E-state index in [0.29, 0.717) is 12.1 Å². The molecule has 0 heterocycles. The summed E-state index contributed by atoms with van der Waals surface area (Å²) >= 11 is 0. The summed E-state index contributed by atoms with van der Waals surface area (Å²) in [7, 11) is 0. The van der Waals surface area contributed by atoms with Crippen molar-refractivity contribution in [1.82, 2.24) is 5.54 Å². The van der Waals surface area contributed by atoms with E-state index in [0.717, 1.165) is 5.54 Å². The van der Waals surface area contributed by atoms with Gasteiger partial charge in [0, 0.05) is 0 Å². The fraction of sp³-hybridized carbons (Fsp3) is 0.333. The molecule has 0 amide bonds. The third-order valence-electron chi connectivity index (χ3n) is 1.92. The molecule has 0 spiro atoms. The summed E-state index contributed by atoms with van der Waals surface area (Å²) in [5.74, 6) is 0. The second-order valence-corrected chi connectivity index (χ2v) is 3.22. The average Bonchev–Trinajstić information content (AvgIpc) is 2.15. The molecule has 0 aliphatic carbocycles. The van der Waals surface area contributed by atoms with Gasteiger partial charge in [0.1, 0.15) is 0 Å². The third-order valence-corrected chi connectivity index (χ3v) is 1.92. The van der Waals surface area contributed by atoms with E-state index in [2.05, 4.69) is 0 Å². The molecule has 1 N–H and O–H groups in total. The molecule has 1 aromatic carbocycles. The Kier molecular flexibility index (Phi) is 3.65. The van der Waals surface area contributed by atoms with Crippen LogP contribution in [0.2, 0.25) is 0 Å². The standard InChI is InChI=1S/C9H6F7N/c10-8(11,12)6-1-5(4-17-16)2-7(3-6)9(13,14)15/h1-3,17H,4H2. The molecule has 0 fully saturated rings. The highest BCUT2D eigenvalue weighted by Crippen LogP contribution is 2.36. The van der Waals surface area contributed by atoms with Gasteiger partial charge in [-0.15, -0.1) is 4.48 Å². The lowest BCUT2D eigenvalue weighted by Gasteiger charge is -2.13. The van der Waals surface area contributed by atoms with Crippen LogP contribution in [0.15, 0.2) is 18.2 Å². The van der Waals surface area contributed by atoms with E-state index in [1.807, 2.05) is 0 Å². The fourth-order valence-electron chi connectivity index (χ4n) is 1.20. The zero-order valence-electron chi connectivity index (χ0n) is 8.08. The van der Waals surface area contributed by atoms with E-state index in [9.17, 15) is 30.8 Å². The van der Waals surface area contributed by atoms with E-state index in [-0.39, 0.29) is 6.07 Å². The quantitative estimate of drug-likeness (QED) is 0.632.